The molecule has 0 N–H and O–H groups in total. The fourth-order valence-electron chi connectivity index (χ4n) is 10.1. The van der Waals surface area contributed by atoms with E-state index in [0.717, 1.165) is 110 Å². The summed E-state index contributed by atoms with van der Waals surface area (Å²) in [4.78, 5) is 7.14. The Kier molecular flexibility index (Phi) is 14.5. The fourth-order valence-corrected chi connectivity index (χ4v) is 10.1. The highest BCUT2D eigenvalue weighted by Crippen LogP contribution is 2.42. The monoisotopic (exact) mass is 948 g/mol. The van der Waals surface area contributed by atoms with Gasteiger partial charge in [0.05, 0.1) is 0 Å². The van der Waals surface area contributed by atoms with E-state index in [2.05, 4.69) is 293 Å². The SMILES string of the molecule is CCc1cccc(N(c2ccc(-c3cc(-c4ccc(N(c5cccc(C)c5)c5cccc(CC)c5)cc4)cc(-c4ccc(N(c5cccc(CC)c5)c5cccc(CC)c5)cc4)c3)cc2)c2cccc(C)c2)c1. The van der Waals surface area contributed by atoms with E-state index in [1.54, 1.807) is 0 Å². The Bertz CT molecular complexity index is 3270. The van der Waals surface area contributed by atoms with Gasteiger partial charge in [-0.3, -0.25) is 0 Å². The van der Waals surface area contributed by atoms with Crippen molar-refractivity contribution < 1.29 is 0 Å². The minimum atomic E-state index is 0.980. The molecule has 0 atom stereocenters. The second-order valence-corrected chi connectivity index (χ2v) is 19.2. The van der Waals surface area contributed by atoms with E-state index in [4.69, 9.17) is 0 Å². The first-order valence-electron chi connectivity index (χ1n) is 26.1. The summed E-state index contributed by atoms with van der Waals surface area (Å²) in [5.41, 5.74) is 25.0. The van der Waals surface area contributed by atoms with Crippen LogP contribution in [-0.2, 0) is 25.7 Å². The molecule has 73 heavy (non-hydrogen) atoms. The van der Waals surface area contributed by atoms with Gasteiger partial charge in [0.15, 0.2) is 0 Å². The third-order valence-electron chi connectivity index (χ3n) is 14.1. The van der Waals surface area contributed by atoms with Gasteiger partial charge in [-0.25, -0.2) is 0 Å². The topological polar surface area (TPSA) is 9.72 Å². The Balaban J connectivity index is 1.07. The quantitative estimate of drug-likeness (QED) is 0.0956. The number of anilines is 9. The lowest BCUT2D eigenvalue weighted by molar-refractivity contribution is 1.12. The van der Waals surface area contributed by atoms with Crippen molar-refractivity contribution in [2.24, 2.45) is 0 Å². The molecule has 0 aromatic heterocycles. The maximum atomic E-state index is 2.39. The van der Waals surface area contributed by atoms with E-state index in [0.29, 0.717) is 0 Å². The molecule has 3 nitrogen and oxygen atoms in total. The summed E-state index contributed by atoms with van der Waals surface area (Å²) < 4.78 is 0. The summed E-state index contributed by atoms with van der Waals surface area (Å²) in [5, 5.41) is 0. The van der Waals surface area contributed by atoms with E-state index in [-0.39, 0.29) is 0 Å². The molecule has 10 aromatic rings. The first-order valence-corrected chi connectivity index (χ1v) is 26.1. The van der Waals surface area contributed by atoms with Gasteiger partial charge < -0.3 is 14.7 Å². The number of hydrogen-bond acceptors (Lipinski definition) is 3. The van der Waals surface area contributed by atoms with E-state index < -0.39 is 0 Å². The molecule has 0 saturated heterocycles. The van der Waals surface area contributed by atoms with Crippen LogP contribution in [0.5, 0.6) is 0 Å². The molecule has 10 aromatic carbocycles. The molecule has 0 amide bonds. The Morgan fingerprint density at radius 2 is 0.452 bits per heavy atom. The second-order valence-electron chi connectivity index (χ2n) is 19.2. The zero-order valence-electron chi connectivity index (χ0n) is 43.2. The maximum Gasteiger partial charge on any atom is 0.0464 e. The van der Waals surface area contributed by atoms with Crippen LogP contribution in [0.15, 0.2) is 237 Å². The van der Waals surface area contributed by atoms with E-state index in [1.165, 1.54) is 33.4 Å². The molecule has 0 fully saturated rings. The third-order valence-corrected chi connectivity index (χ3v) is 14.1. The van der Waals surface area contributed by atoms with Crippen molar-refractivity contribution in [1.29, 1.82) is 0 Å². The van der Waals surface area contributed by atoms with Crippen LogP contribution in [0, 0.1) is 13.8 Å². The highest BCUT2D eigenvalue weighted by Gasteiger charge is 2.18. The van der Waals surface area contributed by atoms with Crippen molar-refractivity contribution in [3.63, 3.8) is 0 Å². The first-order chi connectivity index (χ1) is 35.8. The summed E-state index contributed by atoms with van der Waals surface area (Å²) in [6, 6.07) is 87.8. The van der Waals surface area contributed by atoms with Crippen LogP contribution < -0.4 is 14.7 Å². The zero-order chi connectivity index (χ0) is 50.3. The van der Waals surface area contributed by atoms with Gasteiger partial charge in [-0.2, -0.15) is 0 Å². The molecule has 10 rings (SSSR count). The predicted octanol–water partition coefficient (Wildman–Crippen LogP) is 20.0. The van der Waals surface area contributed by atoms with Crippen molar-refractivity contribution in [1.82, 2.24) is 0 Å². The third kappa shape index (κ3) is 10.8. The average molecular weight is 948 g/mol. The van der Waals surface area contributed by atoms with Crippen molar-refractivity contribution >= 4 is 51.2 Å². The molecule has 0 unspecified atom stereocenters. The van der Waals surface area contributed by atoms with Gasteiger partial charge in [-0.05, 0) is 234 Å². The number of nitrogens with zero attached hydrogens (tertiary/aromatic N) is 3. The van der Waals surface area contributed by atoms with E-state index in [9.17, 15) is 0 Å². The van der Waals surface area contributed by atoms with Crippen molar-refractivity contribution in [3.05, 3.63) is 270 Å². The molecule has 0 radical (unpaired) electrons. The highest BCUT2D eigenvalue weighted by atomic mass is 15.2. The van der Waals surface area contributed by atoms with Crippen LogP contribution in [0.1, 0.15) is 61.1 Å². The van der Waals surface area contributed by atoms with Crippen molar-refractivity contribution in [2.45, 2.75) is 67.2 Å². The van der Waals surface area contributed by atoms with Gasteiger partial charge in [-0.15, -0.1) is 0 Å². The van der Waals surface area contributed by atoms with Gasteiger partial charge in [0, 0.05) is 51.2 Å². The molecule has 0 aliphatic heterocycles. The Labute approximate surface area is 434 Å². The Morgan fingerprint density at radius 3 is 0.685 bits per heavy atom. The normalized spacial score (nSPS) is 11.1. The molecule has 0 saturated carbocycles. The molecule has 0 bridgehead atoms. The van der Waals surface area contributed by atoms with Crippen LogP contribution in [-0.4, -0.2) is 0 Å². The lowest BCUT2D eigenvalue weighted by Crippen LogP contribution is -2.10. The molecule has 360 valence electrons. The van der Waals surface area contributed by atoms with Gasteiger partial charge in [0.2, 0.25) is 0 Å². The summed E-state index contributed by atoms with van der Waals surface area (Å²) >= 11 is 0. The Morgan fingerprint density at radius 1 is 0.219 bits per heavy atom. The maximum absolute atomic E-state index is 2.39. The predicted molar refractivity (Wildman–Crippen MR) is 314 cm³/mol. The Hall–Kier alpha value is -8.40. The minimum absolute atomic E-state index is 0.980. The lowest BCUT2D eigenvalue weighted by Gasteiger charge is -2.27. The molecule has 0 aliphatic rings. The zero-order valence-corrected chi connectivity index (χ0v) is 43.2. The number of aryl methyl sites for hydroxylation is 6. The number of rotatable bonds is 16. The molecule has 3 heteroatoms. The smallest absolute Gasteiger partial charge is 0.0464 e. The molecule has 0 heterocycles. The molecular weight excluding hydrogens is 883 g/mol. The summed E-state index contributed by atoms with van der Waals surface area (Å²) in [6.07, 6.45) is 3.92. The standard InChI is InChI=1S/C70H65N3/c1-7-52-19-13-25-67(43-52)71(65-23-11-17-50(5)41-65)62-35-29-56(30-36-62)59-47-60(57-31-37-63(38-32-57)72(66-24-12-18-51(6)42-66)68-26-14-20-53(8-2)44-68)49-61(48-59)58-33-39-64(40-34-58)73(69-27-15-21-54(9-3)45-69)70-28-16-22-55(10-4)46-70/h11-49H,7-10H2,1-6H3. The van der Waals surface area contributed by atoms with Crippen LogP contribution in [0.3, 0.4) is 0 Å². The van der Waals surface area contributed by atoms with Gasteiger partial charge in [0.25, 0.3) is 0 Å². The number of hydrogen-bond donors (Lipinski definition) is 0. The molecule has 0 spiro atoms. The average Bonchev–Trinajstić information content (AvgIpc) is 3.44. The largest absolute Gasteiger partial charge is 0.310 e. The van der Waals surface area contributed by atoms with Crippen LogP contribution >= 0.6 is 0 Å². The first kappa shape index (κ1) is 48.2. The summed E-state index contributed by atoms with van der Waals surface area (Å²) in [6.45, 7) is 13.2. The van der Waals surface area contributed by atoms with Crippen molar-refractivity contribution in [3.8, 4) is 33.4 Å². The fraction of sp³-hybridized carbons (Fsp3) is 0.143. The minimum Gasteiger partial charge on any atom is -0.310 e. The van der Waals surface area contributed by atoms with Crippen molar-refractivity contribution in [2.75, 3.05) is 14.7 Å². The van der Waals surface area contributed by atoms with Crippen LogP contribution in [0.25, 0.3) is 33.4 Å². The van der Waals surface area contributed by atoms with E-state index >= 15 is 0 Å². The van der Waals surface area contributed by atoms with E-state index in [1.807, 2.05) is 0 Å². The van der Waals surface area contributed by atoms with Gasteiger partial charge in [-0.1, -0.05) is 137 Å². The number of benzene rings is 10. The van der Waals surface area contributed by atoms with Crippen LogP contribution in [0.2, 0.25) is 0 Å². The summed E-state index contributed by atoms with van der Waals surface area (Å²) in [5.74, 6) is 0. The van der Waals surface area contributed by atoms with Crippen LogP contribution in [0.4, 0.5) is 51.2 Å². The van der Waals surface area contributed by atoms with Gasteiger partial charge >= 0.3 is 0 Å². The molecule has 0 aliphatic carbocycles. The summed E-state index contributed by atoms with van der Waals surface area (Å²) in [7, 11) is 0. The second kappa shape index (κ2) is 21.9. The highest BCUT2D eigenvalue weighted by molar-refractivity contribution is 5.86. The molecular formula is C70H65N3. The lowest BCUT2D eigenvalue weighted by atomic mass is 9.93. The van der Waals surface area contributed by atoms with Gasteiger partial charge in [0.1, 0.15) is 0 Å².